The molecule has 21 heavy (non-hydrogen) atoms. The van der Waals surface area contributed by atoms with Crippen LogP contribution in [0.15, 0.2) is 36.4 Å². The minimum Gasteiger partial charge on any atom is -0.374 e. The van der Waals surface area contributed by atoms with Crippen molar-refractivity contribution in [3.8, 4) is 0 Å². The molecular weight excluding hydrogens is 286 g/mol. The van der Waals surface area contributed by atoms with Gasteiger partial charge in [-0.1, -0.05) is 18.2 Å². The number of carbonyl (C=O) groups is 1. The first-order chi connectivity index (χ1) is 10.0. The van der Waals surface area contributed by atoms with Crippen LogP contribution < -0.4 is 16.2 Å². The summed E-state index contributed by atoms with van der Waals surface area (Å²) in [5.41, 5.74) is 10.3. The van der Waals surface area contributed by atoms with Crippen molar-refractivity contribution in [2.75, 3.05) is 5.01 Å². The summed E-state index contributed by atoms with van der Waals surface area (Å²) in [5, 5.41) is 5.69. The zero-order valence-electron chi connectivity index (χ0n) is 11.9. The monoisotopic (exact) mass is 303 g/mol. The molecule has 0 radical (unpaired) electrons. The van der Waals surface area contributed by atoms with Crippen LogP contribution in [0.25, 0.3) is 0 Å². The van der Waals surface area contributed by atoms with Gasteiger partial charge in [-0.15, -0.1) is 0 Å². The molecule has 2 aromatic rings. The van der Waals surface area contributed by atoms with Crippen molar-refractivity contribution in [3.63, 3.8) is 0 Å². The molecule has 0 unspecified atom stereocenters. The molecule has 110 valence electrons. The molecule has 0 aliphatic heterocycles. The number of benzene rings is 1. The Morgan fingerprint density at radius 2 is 2.10 bits per heavy atom. The van der Waals surface area contributed by atoms with Crippen LogP contribution in [0, 0.1) is 6.92 Å². The Labute approximate surface area is 128 Å². The summed E-state index contributed by atoms with van der Waals surface area (Å²) in [6.45, 7) is 4.37. The maximum absolute atomic E-state index is 12.4. The van der Waals surface area contributed by atoms with Crippen LogP contribution in [0.4, 0.5) is 5.69 Å². The number of hydrogen-bond donors (Lipinski definition) is 2. The first kappa shape index (κ1) is 15.0. The molecule has 3 N–H and O–H groups in total. The van der Waals surface area contributed by atoms with E-state index in [0.717, 1.165) is 5.69 Å². The van der Waals surface area contributed by atoms with Crippen LogP contribution >= 0.6 is 12.2 Å². The van der Waals surface area contributed by atoms with E-state index in [1.54, 1.807) is 10.7 Å². The summed E-state index contributed by atoms with van der Waals surface area (Å²) >= 11 is 5.00. The summed E-state index contributed by atoms with van der Waals surface area (Å²) in [5.74, 6) is -0.311. The molecule has 0 bridgehead atoms. The highest BCUT2D eigenvalue weighted by Crippen LogP contribution is 2.12. The fourth-order valence-electron chi connectivity index (χ4n) is 1.95. The minimum atomic E-state index is -0.311. The molecule has 0 saturated carbocycles. The molecular formula is C14H17N5OS. The average Bonchev–Trinajstić information content (AvgIpc) is 2.86. The summed E-state index contributed by atoms with van der Waals surface area (Å²) in [6, 6.07) is 10.9. The molecule has 1 heterocycles. The zero-order valence-corrected chi connectivity index (χ0v) is 12.7. The zero-order chi connectivity index (χ0) is 15.4. The van der Waals surface area contributed by atoms with E-state index in [-0.39, 0.29) is 11.0 Å². The van der Waals surface area contributed by atoms with Gasteiger partial charge in [0.05, 0.1) is 11.4 Å². The van der Waals surface area contributed by atoms with Gasteiger partial charge in [-0.3, -0.25) is 14.9 Å². The van der Waals surface area contributed by atoms with Gasteiger partial charge in [-0.05, 0) is 44.3 Å². The van der Waals surface area contributed by atoms with Crippen LogP contribution in [0.1, 0.15) is 23.1 Å². The van der Waals surface area contributed by atoms with Crippen LogP contribution in [-0.4, -0.2) is 20.8 Å². The van der Waals surface area contributed by atoms with Crippen LogP contribution in [0.3, 0.4) is 0 Å². The number of nitrogens with one attached hydrogen (secondary N) is 1. The number of aryl methyl sites for hydroxylation is 2. The summed E-state index contributed by atoms with van der Waals surface area (Å²) in [7, 11) is 0. The molecule has 0 aliphatic carbocycles. The van der Waals surface area contributed by atoms with Crippen molar-refractivity contribution in [1.29, 1.82) is 0 Å². The lowest BCUT2D eigenvalue weighted by atomic mass is 10.3. The van der Waals surface area contributed by atoms with E-state index in [1.807, 2.05) is 44.2 Å². The highest BCUT2D eigenvalue weighted by Gasteiger charge is 2.18. The third-order valence-corrected chi connectivity index (χ3v) is 3.07. The van der Waals surface area contributed by atoms with Gasteiger partial charge in [0.2, 0.25) is 0 Å². The standard InChI is InChI=1S/C14H17N5OS/c1-3-18-12(9-10(2)16-18)13(20)17-19(14(15)21)11-7-5-4-6-8-11/h4-9H,3H2,1-2H3,(H2,15,21)(H,17,20). The van der Waals surface area contributed by atoms with Crippen molar-refractivity contribution in [1.82, 2.24) is 15.2 Å². The number of nitrogens with zero attached hydrogens (tertiary/aromatic N) is 3. The highest BCUT2D eigenvalue weighted by atomic mass is 32.1. The predicted molar refractivity (Wildman–Crippen MR) is 85.8 cm³/mol. The molecule has 6 nitrogen and oxygen atoms in total. The first-order valence-corrected chi connectivity index (χ1v) is 6.93. The molecule has 1 aromatic carbocycles. The van der Waals surface area contributed by atoms with E-state index in [4.69, 9.17) is 18.0 Å². The van der Waals surface area contributed by atoms with E-state index in [9.17, 15) is 4.79 Å². The van der Waals surface area contributed by atoms with Gasteiger partial charge in [-0.2, -0.15) is 5.10 Å². The average molecular weight is 303 g/mol. The number of anilines is 1. The molecule has 1 aromatic heterocycles. The third-order valence-electron chi connectivity index (χ3n) is 2.88. The van der Waals surface area contributed by atoms with Gasteiger partial charge in [0.1, 0.15) is 5.69 Å². The van der Waals surface area contributed by atoms with Crippen molar-refractivity contribution in [2.24, 2.45) is 5.73 Å². The Bertz CT molecular complexity index is 653. The lowest BCUT2D eigenvalue weighted by molar-refractivity contribution is 0.0944. The number of para-hydroxylation sites is 1. The number of rotatable bonds is 3. The Hall–Kier alpha value is -2.41. The highest BCUT2D eigenvalue weighted by molar-refractivity contribution is 7.80. The SMILES string of the molecule is CCn1nc(C)cc1C(=O)NN(C(N)=S)c1ccccc1. The number of amides is 1. The number of aromatic nitrogens is 2. The molecule has 7 heteroatoms. The number of carbonyl (C=O) groups excluding carboxylic acids is 1. The van der Waals surface area contributed by atoms with E-state index < -0.39 is 0 Å². The molecule has 1 amide bonds. The first-order valence-electron chi connectivity index (χ1n) is 6.53. The van der Waals surface area contributed by atoms with Gasteiger partial charge in [0.15, 0.2) is 5.11 Å². The maximum Gasteiger partial charge on any atom is 0.288 e. The summed E-state index contributed by atoms with van der Waals surface area (Å²) in [6.07, 6.45) is 0. The summed E-state index contributed by atoms with van der Waals surface area (Å²) in [4.78, 5) is 12.4. The Balaban J connectivity index is 2.25. The Morgan fingerprint density at radius 3 is 2.67 bits per heavy atom. The van der Waals surface area contributed by atoms with Crippen molar-refractivity contribution in [2.45, 2.75) is 20.4 Å². The fraction of sp³-hybridized carbons (Fsp3) is 0.214. The van der Waals surface area contributed by atoms with Gasteiger partial charge in [0.25, 0.3) is 5.91 Å². The molecule has 0 spiro atoms. The van der Waals surface area contributed by atoms with Gasteiger partial charge in [-0.25, -0.2) is 5.01 Å². The van der Waals surface area contributed by atoms with Gasteiger partial charge in [0, 0.05) is 6.54 Å². The van der Waals surface area contributed by atoms with E-state index in [2.05, 4.69) is 10.5 Å². The second-order valence-electron chi connectivity index (χ2n) is 4.44. The van der Waals surface area contributed by atoms with Gasteiger partial charge >= 0.3 is 0 Å². The number of hydrogen-bond acceptors (Lipinski definition) is 3. The third kappa shape index (κ3) is 3.38. The molecule has 0 aliphatic rings. The van der Waals surface area contributed by atoms with E-state index in [1.165, 1.54) is 5.01 Å². The minimum absolute atomic E-state index is 0.0637. The van der Waals surface area contributed by atoms with Crippen LogP contribution in [0.5, 0.6) is 0 Å². The van der Waals surface area contributed by atoms with E-state index >= 15 is 0 Å². The molecule has 0 atom stereocenters. The van der Waals surface area contributed by atoms with Crippen LogP contribution in [-0.2, 0) is 6.54 Å². The Kier molecular flexibility index (Phi) is 4.54. The van der Waals surface area contributed by atoms with E-state index in [0.29, 0.717) is 17.9 Å². The Morgan fingerprint density at radius 1 is 1.43 bits per heavy atom. The predicted octanol–water partition coefficient (Wildman–Crippen LogP) is 1.61. The number of nitrogens with two attached hydrogens (primary N) is 1. The summed E-state index contributed by atoms with van der Waals surface area (Å²) < 4.78 is 1.63. The van der Waals surface area contributed by atoms with Gasteiger partial charge < -0.3 is 5.73 Å². The largest absolute Gasteiger partial charge is 0.374 e. The smallest absolute Gasteiger partial charge is 0.288 e. The van der Waals surface area contributed by atoms with Crippen molar-refractivity contribution in [3.05, 3.63) is 47.8 Å². The fourth-order valence-corrected chi connectivity index (χ4v) is 2.10. The van der Waals surface area contributed by atoms with Crippen LogP contribution in [0.2, 0.25) is 0 Å². The molecule has 0 fully saturated rings. The lowest BCUT2D eigenvalue weighted by Crippen LogP contribution is -2.49. The lowest BCUT2D eigenvalue weighted by Gasteiger charge is -2.23. The van der Waals surface area contributed by atoms with Crippen molar-refractivity contribution >= 4 is 28.9 Å². The number of hydrazine groups is 1. The normalized spacial score (nSPS) is 10.2. The molecule has 0 saturated heterocycles. The second kappa shape index (κ2) is 6.36. The van der Waals surface area contributed by atoms with Crippen molar-refractivity contribution < 1.29 is 4.79 Å². The second-order valence-corrected chi connectivity index (χ2v) is 4.86. The quantitative estimate of drug-likeness (QED) is 0.665. The topological polar surface area (TPSA) is 76.2 Å². The number of thiocarbonyl (C=S) groups is 1. The molecule has 2 rings (SSSR count). The maximum atomic E-state index is 12.4.